The molecule has 0 bridgehead atoms. The van der Waals surface area contributed by atoms with Gasteiger partial charge in [0.05, 0.1) is 11.8 Å². The number of rotatable bonds is 6. The number of nitrogens with zero attached hydrogens (tertiary/aromatic N) is 4. The van der Waals surface area contributed by atoms with Crippen molar-refractivity contribution in [2.75, 3.05) is 5.32 Å². The fraction of sp³-hybridized carbons (Fsp3) is 0.222. The average molecular weight is 388 g/mol. The Morgan fingerprint density at radius 1 is 1.23 bits per heavy atom. The van der Waals surface area contributed by atoms with Crippen molar-refractivity contribution < 1.29 is 4.79 Å². The minimum atomic E-state index is -0.367. The summed E-state index contributed by atoms with van der Waals surface area (Å²) in [5.74, 6) is -0.130. The zero-order valence-corrected chi connectivity index (χ0v) is 16.0. The first-order valence-corrected chi connectivity index (χ1v) is 9.33. The molecule has 1 atom stereocenters. The maximum Gasteiger partial charge on any atom is 0.237 e. The Kier molecular flexibility index (Phi) is 5.90. The molecule has 0 radical (unpaired) electrons. The zero-order valence-electron chi connectivity index (χ0n) is 14.4. The second-order valence-electron chi connectivity index (χ2n) is 5.77. The number of carbonyl (C=O) groups excluding carboxylic acids is 1. The summed E-state index contributed by atoms with van der Waals surface area (Å²) < 4.78 is 1.69. The van der Waals surface area contributed by atoms with Gasteiger partial charge in [0.2, 0.25) is 11.1 Å². The molecule has 0 aliphatic rings. The number of hydrogen-bond acceptors (Lipinski definition) is 5. The van der Waals surface area contributed by atoms with Gasteiger partial charge in [0, 0.05) is 10.7 Å². The van der Waals surface area contributed by atoms with Crippen LogP contribution in [-0.4, -0.2) is 31.4 Å². The van der Waals surface area contributed by atoms with E-state index < -0.39 is 0 Å². The first-order valence-electron chi connectivity index (χ1n) is 8.07. The van der Waals surface area contributed by atoms with Gasteiger partial charge in [0.25, 0.3) is 0 Å². The smallest absolute Gasteiger partial charge is 0.237 e. The number of tetrazole rings is 1. The first-order chi connectivity index (χ1) is 12.5. The Hall–Kier alpha value is -2.38. The van der Waals surface area contributed by atoms with E-state index in [1.165, 1.54) is 11.8 Å². The van der Waals surface area contributed by atoms with Crippen molar-refractivity contribution >= 4 is 35.0 Å². The van der Waals surface area contributed by atoms with Crippen molar-refractivity contribution in [3.63, 3.8) is 0 Å². The van der Waals surface area contributed by atoms with Gasteiger partial charge >= 0.3 is 0 Å². The molecule has 2 aromatic carbocycles. The van der Waals surface area contributed by atoms with Crippen molar-refractivity contribution in [2.24, 2.45) is 0 Å². The van der Waals surface area contributed by atoms with E-state index in [0.29, 0.717) is 22.4 Å². The number of anilines is 1. The quantitative estimate of drug-likeness (QED) is 0.651. The molecule has 3 aromatic rings. The van der Waals surface area contributed by atoms with Crippen LogP contribution in [0.25, 0.3) is 0 Å². The van der Waals surface area contributed by atoms with Crippen LogP contribution < -0.4 is 5.32 Å². The van der Waals surface area contributed by atoms with Gasteiger partial charge in [-0.25, -0.2) is 4.68 Å². The van der Waals surface area contributed by atoms with E-state index in [1.807, 2.05) is 56.3 Å². The van der Waals surface area contributed by atoms with Crippen LogP contribution in [0.4, 0.5) is 5.69 Å². The van der Waals surface area contributed by atoms with Gasteiger partial charge in [0.15, 0.2) is 0 Å². The molecule has 1 N–H and O–H groups in total. The molecule has 6 nitrogen and oxygen atoms in total. The lowest BCUT2D eigenvalue weighted by Crippen LogP contribution is -2.23. The molecule has 0 saturated heterocycles. The Bertz CT molecular complexity index is 900. The van der Waals surface area contributed by atoms with Gasteiger partial charge in [-0.2, -0.15) is 0 Å². The highest BCUT2D eigenvalue weighted by Gasteiger charge is 2.19. The lowest BCUT2D eigenvalue weighted by molar-refractivity contribution is -0.115. The molecule has 8 heteroatoms. The second-order valence-corrected chi connectivity index (χ2v) is 7.48. The summed E-state index contributed by atoms with van der Waals surface area (Å²) in [6.07, 6.45) is 0. The largest absolute Gasteiger partial charge is 0.325 e. The van der Waals surface area contributed by atoms with Crippen LogP contribution in [0.3, 0.4) is 0 Å². The van der Waals surface area contributed by atoms with Crippen molar-refractivity contribution in [3.8, 4) is 0 Å². The van der Waals surface area contributed by atoms with Crippen LogP contribution >= 0.6 is 23.4 Å². The van der Waals surface area contributed by atoms with E-state index in [2.05, 4.69) is 20.8 Å². The van der Waals surface area contributed by atoms with Crippen LogP contribution in [0, 0.1) is 6.92 Å². The molecule has 1 heterocycles. The van der Waals surface area contributed by atoms with E-state index in [4.69, 9.17) is 11.6 Å². The molecule has 134 valence electrons. The molecule has 1 amide bonds. The third kappa shape index (κ3) is 4.42. The van der Waals surface area contributed by atoms with Crippen LogP contribution in [0.15, 0.2) is 53.7 Å². The Balaban J connectivity index is 1.66. The average Bonchev–Trinajstić information content (AvgIpc) is 3.06. The number of carbonyl (C=O) groups is 1. The van der Waals surface area contributed by atoms with Crippen molar-refractivity contribution in [3.05, 3.63) is 64.7 Å². The molecule has 0 aliphatic heterocycles. The summed E-state index contributed by atoms with van der Waals surface area (Å²) in [6, 6.07) is 15.3. The van der Waals surface area contributed by atoms with E-state index in [0.717, 1.165) is 11.1 Å². The molecule has 0 spiro atoms. The molecule has 3 rings (SSSR count). The number of aromatic nitrogens is 4. The molecular formula is C18H18ClN5OS. The summed E-state index contributed by atoms with van der Waals surface area (Å²) in [5.41, 5.74) is 2.64. The monoisotopic (exact) mass is 387 g/mol. The fourth-order valence-corrected chi connectivity index (χ4v) is 3.29. The second kappa shape index (κ2) is 8.33. The fourth-order valence-electron chi connectivity index (χ4n) is 2.33. The molecule has 0 fully saturated rings. The zero-order chi connectivity index (χ0) is 18.5. The molecule has 26 heavy (non-hydrogen) atoms. The Labute approximate surface area is 160 Å². The van der Waals surface area contributed by atoms with Crippen molar-refractivity contribution in [1.29, 1.82) is 0 Å². The van der Waals surface area contributed by atoms with Gasteiger partial charge in [-0.3, -0.25) is 4.79 Å². The highest BCUT2D eigenvalue weighted by molar-refractivity contribution is 8.00. The topological polar surface area (TPSA) is 72.7 Å². The molecule has 1 aromatic heterocycles. The highest BCUT2D eigenvalue weighted by Crippen LogP contribution is 2.26. The van der Waals surface area contributed by atoms with Crippen LogP contribution in [0.1, 0.15) is 18.1 Å². The number of hydrogen-bond donors (Lipinski definition) is 1. The van der Waals surface area contributed by atoms with Gasteiger partial charge in [-0.1, -0.05) is 59.8 Å². The highest BCUT2D eigenvalue weighted by atomic mass is 35.5. The lowest BCUT2D eigenvalue weighted by atomic mass is 10.2. The Morgan fingerprint density at radius 3 is 2.77 bits per heavy atom. The molecule has 0 saturated carbocycles. The maximum atomic E-state index is 12.5. The number of halogens is 1. The lowest BCUT2D eigenvalue weighted by Gasteiger charge is -2.13. The van der Waals surface area contributed by atoms with Gasteiger partial charge < -0.3 is 5.32 Å². The summed E-state index contributed by atoms with van der Waals surface area (Å²) >= 11 is 7.42. The summed E-state index contributed by atoms with van der Waals surface area (Å²) in [7, 11) is 0. The maximum absolute atomic E-state index is 12.5. The molecule has 1 unspecified atom stereocenters. The van der Waals surface area contributed by atoms with E-state index in [-0.39, 0.29) is 11.2 Å². The number of amides is 1. The third-order valence-corrected chi connectivity index (χ3v) is 5.33. The predicted molar refractivity (Wildman–Crippen MR) is 103 cm³/mol. The Morgan fingerprint density at radius 2 is 2.00 bits per heavy atom. The predicted octanol–water partition coefficient (Wildman–Crippen LogP) is 3.80. The van der Waals surface area contributed by atoms with Gasteiger partial charge in [-0.15, -0.1) is 5.10 Å². The van der Waals surface area contributed by atoms with E-state index >= 15 is 0 Å². The van der Waals surface area contributed by atoms with Crippen LogP contribution in [0.5, 0.6) is 0 Å². The minimum Gasteiger partial charge on any atom is -0.325 e. The van der Waals surface area contributed by atoms with Crippen molar-refractivity contribution in [2.45, 2.75) is 30.8 Å². The van der Waals surface area contributed by atoms with E-state index in [1.54, 1.807) is 10.7 Å². The third-order valence-electron chi connectivity index (χ3n) is 3.85. The summed E-state index contributed by atoms with van der Waals surface area (Å²) in [4.78, 5) is 12.5. The van der Waals surface area contributed by atoms with Crippen LogP contribution in [-0.2, 0) is 11.3 Å². The number of benzene rings is 2. The SMILES string of the molecule is Cc1c(Cl)cccc1NC(=O)C(C)Sc1nnnn1Cc1ccccc1. The summed E-state index contributed by atoms with van der Waals surface area (Å²) in [5, 5.41) is 15.6. The van der Waals surface area contributed by atoms with E-state index in [9.17, 15) is 4.79 Å². The molecular weight excluding hydrogens is 370 g/mol. The van der Waals surface area contributed by atoms with Crippen LogP contribution in [0.2, 0.25) is 5.02 Å². The normalized spacial score (nSPS) is 12.0. The number of nitrogens with one attached hydrogen (secondary N) is 1. The minimum absolute atomic E-state index is 0.130. The first kappa shape index (κ1) is 18.4. The van der Waals surface area contributed by atoms with Gasteiger partial charge in [0.1, 0.15) is 0 Å². The summed E-state index contributed by atoms with van der Waals surface area (Å²) in [6.45, 7) is 4.25. The standard InChI is InChI=1S/C18H18ClN5OS/c1-12-15(19)9-6-10-16(12)20-17(25)13(2)26-18-21-22-23-24(18)11-14-7-4-3-5-8-14/h3-10,13H,11H2,1-2H3,(H,20,25). The number of thioether (sulfide) groups is 1. The van der Waals surface area contributed by atoms with Gasteiger partial charge in [-0.05, 0) is 47.5 Å². The molecule has 0 aliphatic carbocycles. The van der Waals surface area contributed by atoms with Crippen molar-refractivity contribution in [1.82, 2.24) is 20.2 Å².